The van der Waals surface area contributed by atoms with Crippen LogP contribution >= 0.6 is 0 Å². The number of anilines is 1. The van der Waals surface area contributed by atoms with Gasteiger partial charge in [-0.2, -0.15) is 12.7 Å². The summed E-state index contributed by atoms with van der Waals surface area (Å²) < 4.78 is 42.0. The number of fused-ring (bicyclic) bond motifs is 1. The highest BCUT2D eigenvalue weighted by molar-refractivity contribution is 7.90. The molecule has 0 spiro atoms. The highest BCUT2D eigenvalue weighted by Gasteiger charge is 2.38. The van der Waals surface area contributed by atoms with Gasteiger partial charge in [0.2, 0.25) is 0 Å². The monoisotopic (exact) mass is 521 g/mol. The van der Waals surface area contributed by atoms with Crippen molar-refractivity contribution in [2.24, 2.45) is 0 Å². The number of hydrogen-bond acceptors (Lipinski definition) is 5. The number of benzene rings is 3. The molecule has 0 aromatic heterocycles. The van der Waals surface area contributed by atoms with Crippen LogP contribution in [-0.2, 0) is 28.0 Å². The third kappa shape index (κ3) is 5.34. The van der Waals surface area contributed by atoms with Gasteiger partial charge in [0.15, 0.2) is 0 Å². The molecule has 1 N–H and O–H groups in total. The van der Waals surface area contributed by atoms with E-state index in [1.54, 1.807) is 36.3 Å². The largest absolute Gasteiger partial charge is 0.486 e. The fraction of sp³-hybridized carbons (Fsp3) is 0.321. The summed E-state index contributed by atoms with van der Waals surface area (Å²) in [5, 5.41) is 0. The number of carbonyl (C=O) groups excluding carboxylic acids is 1. The number of methoxy groups -OCH3 is 1. The summed E-state index contributed by atoms with van der Waals surface area (Å²) in [6.07, 6.45) is -0.698. The lowest BCUT2D eigenvalue weighted by molar-refractivity contribution is 0.0340. The number of rotatable bonds is 7. The van der Waals surface area contributed by atoms with Crippen molar-refractivity contribution in [2.45, 2.75) is 39.1 Å². The van der Waals surface area contributed by atoms with E-state index in [2.05, 4.69) is 4.72 Å². The molecule has 9 heteroatoms. The third-order valence-electron chi connectivity index (χ3n) is 6.95. The molecule has 1 amide bonds. The van der Waals surface area contributed by atoms with Crippen molar-refractivity contribution in [3.63, 3.8) is 0 Å². The van der Waals surface area contributed by atoms with Crippen LogP contribution in [0.3, 0.4) is 0 Å². The summed E-state index contributed by atoms with van der Waals surface area (Å²) in [5.74, 6) is 0.445. The zero-order valence-electron chi connectivity index (χ0n) is 21.2. The molecule has 2 heterocycles. The van der Waals surface area contributed by atoms with E-state index in [0.717, 1.165) is 22.3 Å². The Hall–Kier alpha value is -3.40. The molecule has 8 nitrogen and oxygen atoms in total. The van der Waals surface area contributed by atoms with Crippen molar-refractivity contribution in [2.75, 3.05) is 24.9 Å². The number of amides is 1. The number of nitrogens with one attached hydrogen (secondary N) is 1. The molecule has 37 heavy (non-hydrogen) atoms. The first-order valence-electron chi connectivity index (χ1n) is 12.2. The van der Waals surface area contributed by atoms with Gasteiger partial charge in [0, 0.05) is 31.8 Å². The average molecular weight is 522 g/mol. The smallest absolute Gasteiger partial charge is 0.302 e. The Bertz CT molecular complexity index is 1400. The van der Waals surface area contributed by atoms with E-state index in [4.69, 9.17) is 9.47 Å². The van der Waals surface area contributed by atoms with Gasteiger partial charge in [-0.05, 0) is 48.7 Å². The van der Waals surface area contributed by atoms with Crippen LogP contribution in [0.2, 0.25) is 0 Å². The Labute approximate surface area is 218 Å². The van der Waals surface area contributed by atoms with Gasteiger partial charge in [-0.25, -0.2) is 0 Å². The quantitative estimate of drug-likeness (QED) is 0.510. The molecule has 5 rings (SSSR count). The second-order valence-corrected chi connectivity index (χ2v) is 11.3. The first-order chi connectivity index (χ1) is 17.7. The van der Waals surface area contributed by atoms with Crippen molar-refractivity contribution in [1.82, 2.24) is 9.21 Å². The van der Waals surface area contributed by atoms with E-state index in [1.807, 2.05) is 56.3 Å². The van der Waals surface area contributed by atoms with Crippen molar-refractivity contribution in [1.29, 1.82) is 0 Å². The Balaban J connectivity index is 1.27. The van der Waals surface area contributed by atoms with Gasteiger partial charge >= 0.3 is 10.2 Å². The average Bonchev–Trinajstić information content (AvgIpc) is 3.50. The lowest BCUT2D eigenvalue weighted by Gasteiger charge is -2.20. The van der Waals surface area contributed by atoms with E-state index in [1.165, 1.54) is 4.31 Å². The number of likely N-dealkylation sites (tertiary alicyclic amines) is 1. The topological polar surface area (TPSA) is 88.2 Å². The first-order valence-corrected chi connectivity index (χ1v) is 13.7. The molecule has 1 fully saturated rings. The Morgan fingerprint density at radius 1 is 0.919 bits per heavy atom. The number of carbonyl (C=O) groups is 1. The molecular formula is C28H31N3O5S. The minimum Gasteiger partial charge on any atom is -0.486 e. The van der Waals surface area contributed by atoms with E-state index < -0.39 is 10.2 Å². The van der Waals surface area contributed by atoms with Gasteiger partial charge in [0.25, 0.3) is 5.91 Å². The number of aryl methyl sites for hydroxylation is 2. The van der Waals surface area contributed by atoms with Crippen LogP contribution in [0.4, 0.5) is 5.69 Å². The Kier molecular flexibility index (Phi) is 6.94. The number of ether oxygens (including phenoxy) is 2. The molecule has 2 aliphatic rings. The zero-order valence-corrected chi connectivity index (χ0v) is 22.0. The van der Waals surface area contributed by atoms with Gasteiger partial charge < -0.3 is 14.4 Å². The van der Waals surface area contributed by atoms with Gasteiger partial charge in [-0.3, -0.25) is 9.52 Å². The Morgan fingerprint density at radius 3 is 2.32 bits per heavy atom. The van der Waals surface area contributed by atoms with Crippen molar-refractivity contribution < 1.29 is 22.7 Å². The fourth-order valence-corrected chi connectivity index (χ4v) is 6.05. The summed E-state index contributed by atoms with van der Waals surface area (Å²) in [7, 11) is -2.15. The van der Waals surface area contributed by atoms with E-state index in [0.29, 0.717) is 43.2 Å². The van der Waals surface area contributed by atoms with Crippen LogP contribution in [0.5, 0.6) is 5.75 Å². The maximum Gasteiger partial charge on any atom is 0.302 e. The minimum absolute atomic E-state index is 0.0533. The molecule has 2 aliphatic heterocycles. The number of nitrogens with zero attached hydrogens (tertiary/aromatic N) is 2. The van der Waals surface area contributed by atoms with Crippen LogP contribution in [0.25, 0.3) is 0 Å². The third-order valence-corrected chi connectivity index (χ3v) is 8.38. The van der Waals surface area contributed by atoms with Crippen molar-refractivity contribution in [3.05, 3.63) is 94.5 Å². The number of hydrogen-bond donors (Lipinski definition) is 1. The highest BCUT2D eigenvalue weighted by atomic mass is 32.2. The molecule has 0 saturated carbocycles. The predicted octanol–water partition coefficient (Wildman–Crippen LogP) is 3.89. The molecule has 3 aromatic carbocycles. The SMILES string of the molecule is CO[C@@H]1CN(C(=O)c2cc(C)ccc2C)C[C@H]1Oc1cccc(NS(=O)(=O)N2Cc3ccccc3C2)c1. The molecule has 2 atom stereocenters. The van der Waals surface area contributed by atoms with Crippen LogP contribution in [0, 0.1) is 13.8 Å². The van der Waals surface area contributed by atoms with Gasteiger partial charge in [-0.1, -0.05) is 48.0 Å². The van der Waals surface area contributed by atoms with Crippen molar-refractivity contribution in [3.8, 4) is 5.75 Å². The van der Waals surface area contributed by atoms with Crippen molar-refractivity contribution >= 4 is 21.8 Å². The fourth-order valence-electron chi connectivity index (χ4n) is 4.88. The lowest BCUT2D eigenvalue weighted by atomic mass is 10.0. The highest BCUT2D eigenvalue weighted by Crippen LogP contribution is 2.28. The summed E-state index contributed by atoms with van der Waals surface area (Å²) >= 11 is 0. The molecule has 0 radical (unpaired) electrons. The summed E-state index contributed by atoms with van der Waals surface area (Å²) in [6.45, 7) is 5.35. The van der Waals surface area contributed by atoms with Crippen LogP contribution in [0.1, 0.15) is 32.6 Å². The molecule has 194 valence electrons. The first kappa shape index (κ1) is 25.3. The predicted molar refractivity (Wildman–Crippen MR) is 142 cm³/mol. The molecule has 3 aromatic rings. The van der Waals surface area contributed by atoms with Crippen LogP contribution in [0.15, 0.2) is 66.7 Å². The van der Waals surface area contributed by atoms with Gasteiger partial charge in [0.1, 0.15) is 18.0 Å². The van der Waals surface area contributed by atoms with E-state index in [-0.39, 0.29) is 18.1 Å². The molecule has 1 saturated heterocycles. The maximum atomic E-state index is 13.2. The molecule has 0 bridgehead atoms. The summed E-state index contributed by atoms with van der Waals surface area (Å²) in [5.41, 5.74) is 5.06. The van der Waals surface area contributed by atoms with Gasteiger partial charge in [-0.15, -0.1) is 0 Å². The second-order valence-electron chi connectivity index (χ2n) is 9.63. The second kappa shape index (κ2) is 10.2. The Morgan fingerprint density at radius 2 is 1.62 bits per heavy atom. The van der Waals surface area contributed by atoms with Crippen LogP contribution in [-0.4, -0.2) is 55.9 Å². The standard InChI is InChI=1S/C28H31N3O5S/c1-19-11-12-20(2)25(13-19)28(32)30-17-26(35-3)27(18-30)36-24-10-6-9-23(14-24)29-37(33,34)31-15-21-7-4-5-8-22(21)16-31/h4-14,26-27,29H,15-18H2,1-3H3/t26-,27-/m1/s1. The molecule has 0 aliphatic carbocycles. The van der Waals surface area contributed by atoms with E-state index >= 15 is 0 Å². The normalized spacial score (nSPS) is 19.6. The van der Waals surface area contributed by atoms with Crippen LogP contribution < -0.4 is 9.46 Å². The molecular weight excluding hydrogens is 490 g/mol. The summed E-state index contributed by atoms with van der Waals surface area (Å²) in [4.78, 5) is 15.0. The summed E-state index contributed by atoms with van der Waals surface area (Å²) in [6, 6.07) is 20.4. The minimum atomic E-state index is -3.75. The van der Waals surface area contributed by atoms with E-state index in [9.17, 15) is 13.2 Å². The zero-order chi connectivity index (χ0) is 26.2. The lowest BCUT2D eigenvalue weighted by Crippen LogP contribution is -2.32. The maximum absolute atomic E-state index is 13.2. The van der Waals surface area contributed by atoms with Gasteiger partial charge in [0.05, 0.1) is 18.8 Å². The molecule has 0 unspecified atom stereocenters.